The van der Waals surface area contributed by atoms with Gasteiger partial charge in [0.2, 0.25) is 15.9 Å². The highest BCUT2D eigenvalue weighted by Crippen LogP contribution is 2.20. The Bertz CT molecular complexity index is 626. The van der Waals surface area contributed by atoms with E-state index >= 15 is 0 Å². The largest absolute Gasteiger partial charge is 0.355 e. The van der Waals surface area contributed by atoms with Gasteiger partial charge in [0, 0.05) is 26.1 Å². The fourth-order valence-corrected chi connectivity index (χ4v) is 3.92. The van der Waals surface area contributed by atoms with E-state index in [2.05, 4.69) is 5.32 Å². The summed E-state index contributed by atoms with van der Waals surface area (Å²) in [5.74, 6) is 0.142. The molecule has 1 aromatic carbocycles. The SMILES string of the molecule is CC(C)CC(=O)NCCS(=O)(=O)N1CCc2ccccc2C1. The van der Waals surface area contributed by atoms with Crippen LogP contribution in [0.5, 0.6) is 0 Å². The maximum absolute atomic E-state index is 12.4. The van der Waals surface area contributed by atoms with Crippen molar-refractivity contribution in [1.29, 1.82) is 0 Å². The number of sulfonamides is 1. The van der Waals surface area contributed by atoms with E-state index in [0.29, 0.717) is 19.5 Å². The minimum absolute atomic E-state index is 0.0427. The summed E-state index contributed by atoms with van der Waals surface area (Å²) in [7, 11) is -3.33. The molecule has 2 rings (SSSR count). The molecule has 22 heavy (non-hydrogen) atoms. The number of rotatable bonds is 6. The number of hydrogen-bond donors (Lipinski definition) is 1. The van der Waals surface area contributed by atoms with Crippen LogP contribution in [-0.2, 0) is 27.8 Å². The molecule has 1 amide bonds. The van der Waals surface area contributed by atoms with Crippen LogP contribution in [0.4, 0.5) is 0 Å². The van der Waals surface area contributed by atoms with Crippen molar-refractivity contribution in [3.63, 3.8) is 0 Å². The van der Waals surface area contributed by atoms with Gasteiger partial charge >= 0.3 is 0 Å². The van der Waals surface area contributed by atoms with Crippen LogP contribution in [0.15, 0.2) is 24.3 Å². The average Bonchev–Trinajstić information content (AvgIpc) is 2.45. The number of fused-ring (bicyclic) bond motifs is 1. The molecule has 1 aliphatic rings. The van der Waals surface area contributed by atoms with Crippen LogP contribution < -0.4 is 5.32 Å². The number of amides is 1. The molecule has 5 nitrogen and oxygen atoms in total. The number of nitrogens with zero attached hydrogens (tertiary/aromatic N) is 1. The molecule has 6 heteroatoms. The van der Waals surface area contributed by atoms with E-state index in [1.165, 1.54) is 9.87 Å². The first-order valence-electron chi connectivity index (χ1n) is 7.70. The number of benzene rings is 1. The van der Waals surface area contributed by atoms with E-state index in [1.807, 2.05) is 38.1 Å². The topological polar surface area (TPSA) is 66.5 Å². The first kappa shape index (κ1) is 17.0. The van der Waals surface area contributed by atoms with Crippen LogP contribution in [0.25, 0.3) is 0 Å². The van der Waals surface area contributed by atoms with Crippen molar-refractivity contribution < 1.29 is 13.2 Å². The van der Waals surface area contributed by atoms with Crippen LogP contribution in [0.1, 0.15) is 31.4 Å². The van der Waals surface area contributed by atoms with Crippen LogP contribution in [0.2, 0.25) is 0 Å². The molecule has 0 spiro atoms. The summed E-state index contributed by atoms with van der Waals surface area (Å²) in [6.45, 7) is 5.03. The van der Waals surface area contributed by atoms with Gasteiger partial charge in [0.1, 0.15) is 0 Å². The van der Waals surface area contributed by atoms with Crippen LogP contribution in [-0.4, -0.2) is 37.5 Å². The Morgan fingerprint density at radius 3 is 2.64 bits per heavy atom. The number of hydrogen-bond acceptors (Lipinski definition) is 3. The minimum atomic E-state index is -3.33. The minimum Gasteiger partial charge on any atom is -0.355 e. The highest BCUT2D eigenvalue weighted by Gasteiger charge is 2.26. The van der Waals surface area contributed by atoms with Crippen molar-refractivity contribution in [2.75, 3.05) is 18.8 Å². The molecule has 1 aliphatic heterocycles. The maximum Gasteiger partial charge on any atom is 0.220 e. The average molecular weight is 324 g/mol. The summed E-state index contributed by atoms with van der Waals surface area (Å²) in [4.78, 5) is 11.6. The molecule has 1 N–H and O–H groups in total. The highest BCUT2D eigenvalue weighted by atomic mass is 32.2. The summed E-state index contributed by atoms with van der Waals surface area (Å²) in [6, 6.07) is 7.93. The highest BCUT2D eigenvalue weighted by molar-refractivity contribution is 7.89. The number of nitrogens with one attached hydrogen (secondary N) is 1. The van der Waals surface area contributed by atoms with Crippen molar-refractivity contribution in [2.45, 2.75) is 33.2 Å². The molecule has 1 aromatic rings. The summed E-state index contributed by atoms with van der Waals surface area (Å²) in [5.41, 5.74) is 2.29. The van der Waals surface area contributed by atoms with Gasteiger partial charge in [-0.25, -0.2) is 8.42 Å². The van der Waals surface area contributed by atoms with Gasteiger partial charge in [0.05, 0.1) is 5.75 Å². The fraction of sp³-hybridized carbons (Fsp3) is 0.562. The lowest BCUT2D eigenvalue weighted by molar-refractivity contribution is -0.121. The third kappa shape index (κ3) is 4.55. The zero-order valence-corrected chi connectivity index (χ0v) is 14.0. The lowest BCUT2D eigenvalue weighted by Crippen LogP contribution is -2.40. The number of carbonyl (C=O) groups excluding carboxylic acids is 1. The van der Waals surface area contributed by atoms with E-state index < -0.39 is 10.0 Å². The second-order valence-corrected chi connectivity index (χ2v) is 8.20. The predicted molar refractivity (Wildman–Crippen MR) is 86.8 cm³/mol. The van der Waals surface area contributed by atoms with Gasteiger partial charge in [-0.2, -0.15) is 4.31 Å². The molecule has 0 aliphatic carbocycles. The molecule has 0 saturated heterocycles. The second-order valence-electron chi connectivity index (χ2n) is 6.12. The van der Waals surface area contributed by atoms with Crippen LogP contribution in [0.3, 0.4) is 0 Å². The van der Waals surface area contributed by atoms with E-state index in [4.69, 9.17) is 0 Å². The first-order valence-corrected chi connectivity index (χ1v) is 9.30. The maximum atomic E-state index is 12.4. The summed E-state index contributed by atoms with van der Waals surface area (Å²) >= 11 is 0. The Hall–Kier alpha value is -1.40. The molecule has 0 fully saturated rings. The summed E-state index contributed by atoms with van der Waals surface area (Å²) in [5, 5.41) is 2.68. The fourth-order valence-electron chi connectivity index (χ4n) is 2.60. The van der Waals surface area contributed by atoms with Crippen molar-refractivity contribution in [3.8, 4) is 0 Å². The van der Waals surface area contributed by atoms with Gasteiger partial charge in [-0.1, -0.05) is 38.1 Å². The van der Waals surface area contributed by atoms with E-state index in [1.54, 1.807) is 0 Å². The Kier molecular flexibility index (Phi) is 5.58. The third-order valence-electron chi connectivity index (χ3n) is 3.76. The second kappa shape index (κ2) is 7.24. The van der Waals surface area contributed by atoms with E-state index in [9.17, 15) is 13.2 Å². The Balaban J connectivity index is 1.88. The standard InChI is InChI=1S/C16H24N2O3S/c1-13(2)11-16(19)17-8-10-22(20,21)18-9-7-14-5-3-4-6-15(14)12-18/h3-6,13H,7-12H2,1-2H3,(H,17,19). The smallest absolute Gasteiger partial charge is 0.220 e. The van der Waals surface area contributed by atoms with Gasteiger partial charge in [-0.3, -0.25) is 4.79 Å². The molecule has 0 bridgehead atoms. The first-order chi connectivity index (χ1) is 10.4. The van der Waals surface area contributed by atoms with Crippen LogP contribution >= 0.6 is 0 Å². The van der Waals surface area contributed by atoms with E-state index in [-0.39, 0.29) is 24.1 Å². The molecule has 122 valence electrons. The van der Waals surface area contributed by atoms with Gasteiger partial charge in [-0.15, -0.1) is 0 Å². The van der Waals surface area contributed by atoms with Gasteiger partial charge in [-0.05, 0) is 23.5 Å². The zero-order chi connectivity index (χ0) is 16.2. The molecule has 1 heterocycles. The Morgan fingerprint density at radius 1 is 1.27 bits per heavy atom. The number of carbonyl (C=O) groups is 1. The Morgan fingerprint density at radius 2 is 1.95 bits per heavy atom. The molecular formula is C16H24N2O3S. The van der Waals surface area contributed by atoms with Crippen molar-refractivity contribution >= 4 is 15.9 Å². The van der Waals surface area contributed by atoms with Gasteiger partial charge in [0.25, 0.3) is 0 Å². The molecule has 0 aromatic heterocycles. The van der Waals surface area contributed by atoms with Gasteiger partial charge in [0.15, 0.2) is 0 Å². The van der Waals surface area contributed by atoms with Crippen molar-refractivity contribution in [3.05, 3.63) is 35.4 Å². The predicted octanol–water partition coefficient (Wildman–Crippen LogP) is 1.54. The van der Waals surface area contributed by atoms with Crippen molar-refractivity contribution in [1.82, 2.24) is 9.62 Å². The quantitative estimate of drug-likeness (QED) is 0.863. The molecular weight excluding hydrogens is 300 g/mol. The molecule has 0 radical (unpaired) electrons. The lowest BCUT2D eigenvalue weighted by atomic mass is 10.0. The van der Waals surface area contributed by atoms with Crippen LogP contribution in [0, 0.1) is 5.92 Å². The summed E-state index contributed by atoms with van der Waals surface area (Å²) < 4.78 is 26.3. The third-order valence-corrected chi connectivity index (χ3v) is 5.58. The zero-order valence-electron chi connectivity index (χ0n) is 13.2. The molecule has 0 atom stereocenters. The van der Waals surface area contributed by atoms with Crippen molar-refractivity contribution in [2.24, 2.45) is 5.92 Å². The normalized spacial score (nSPS) is 15.6. The van der Waals surface area contributed by atoms with E-state index in [0.717, 1.165) is 12.0 Å². The monoisotopic (exact) mass is 324 g/mol. The lowest BCUT2D eigenvalue weighted by Gasteiger charge is -2.28. The summed E-state index contributed by atoms with van der Waals surface area (Å²) in [6.07, 6.45) is 1.17. The molecule has 0 saturated carbocycles. The van der Waals surface area contributed by atoms with Gasteiger partial charge < -0.3 is 5.32 Å². The Labute approximate surface area is 132 Å². The molecule has 0 unspecified atom stereocenters.